The van der Waals surface area contributed by atoms with Gasteiger partial charge in [0.15, 0.2) is 0 Å². The fourth-order valence-electron chi connectivity index (χ4n) is 5.06. The maximum atomic E-state index is 4.98. The largest absolute Gasteiger partial charge is 0.294 e. The molecular weight excluding hydrogens is 434 g/mol. The summed E-state index contributed by atoms with van der Waals surface area (Å²) >= 11 is 4.64. The van der Waals surface area contributed by atoms with Crippen molar-refractivity contribution in [2.24, 2.45) is 0 Å². The molecule has 0 N–H and O–H groups in total. The van der Waals surface area contributed by atoms with Gasteiger partial charge >= 0.3 is 0 Å². The molecule has 6 rings (SSSR count). The first-order valence-corrected chi connectivity index (χ1v) is 11.9. The predicted molar refractivity (Wildman–Crippen MR) is 144 cm³/mol. The number of aromatic nitrogens is 2. The number of anilines is 3. The zero-order valence-electron chi connectivity index (χ0n) is 19.4. The summed E-state index contributed by atoms with van der Waals surface area (Å²) < 4.78 is 0. The molecule has 3 nitrogen and oxygen atoms in total. The smallest absolute Gasteiger partial charge is 0.137 e. The summed E-state index contributed by atoms with van der Waals surface area (Å²) in [4.78, 5) is 12.9. The van der Waals surface area contributed by atoms with Crippen LogP contribution in [-0.2, 0) is 5.41 Å². The lowest BCUT2D eigenvalue weighted by atomic mass is 9.73. The summed E-state index contributed by atoms with van der Waals surface area (Å²) in [5.41, 5.74) is 8.85. The molecule has 0 atom stereocenters. The van der Waals surface area contributed by atoms with Crippen LogP contribution in [0.2, 0.25) is 0 Å². The van der Waals surface area contributed by atoms with E-state index in [0.717, 1.165) is 38.6 Å². The second kappa shape index (κ2) is 7.71. The zero-order chi connectivity index (χ0) is 23.4. The maximum absolute atomic E-state index is 4.98. The van der Waals surface area contributed by atoms with Crippen molar-refractivity contribution in [2.45, 2.75) is 31.1 Å². The molecule has 3 aromatic carbocycles. The van der Waals surface area contributed by atoms with Crippen LogP contribution in [0, 0.1) is 6.92 Å². The molecule has 0 amide bonds. The van der Waals surface area contributed by atoms with E-state index >= 15 is 0 Å². The van der Waals surface area contributed by atoms with Crippen molar-refractivity contribution in [3.8, 4) is 11.3 Å². The van der Waals surface area contributed by atoms with Gasteiger partial charge in [-0.2, -0.15) is 0 Å². The van der Waals surface area contributed by atoms with Crippen LogP contribution >= 0.6 is 12.6 Å². The van der Waals surface area contributed by atoms with E-state index < -0.39 is 0 Å². The van der Waals surface area contributed by atoms with E-state index in [0.29, 0.717) is 0 Å². The van der Waals surface area contributed by atoms with Gasteiger partial charge in [0.25, 0.3) is 0 Å². The molecule has 0 saturated heterocycles. The summed E-state index contributed by atoms with van der Waals surface area (Å²) in [6.07, 6.45) is 1.88. The summed E-state index contributed by atoms with van der Waals surface area (Å²) in [6, 6.07) is 29.8. The number of pyridine rings is 2. The lowest BCUT2D eigenvalue weighted by Gasteiger charge is -2.41. The van der Waals surface area contributed by atoms with Crippen LogP contribution in [0.4, 0.5) is 17.2 Å². The van der Waals surface area contributed by atoms with Gasteiger partial charge in [0, 0.05) is 27.5 Å². The molecule has 1 aliphatic heterocycles. The van der Waals surface area contributed by atoms with Crippen molar-refractivity contribution in [2.75, 3.05) is 4.90 Å². The number of hydrogen-bond donors (Lipinski definition) is 1. The average molecular weight is 460 g/mol. The van der Waals surface area contributed by atoms with E-state index in [1.807, 2.05) is 24.4 Å². The van der Waals surface area contributed by atoms with Crippen molar-refractivity contribution in [3.63, 3.8) is 0 Å². The molecule has 0 fully saturated rings. The van der Waals surface area contributed by atoms with Crippen LogP contribution in [0.1, 0.15) is 30.5 Å². The van der Waals surface area contributed by atoms with Gasteiger partial charge in [-0.3, -0.25) is 4.90 Å². The number of aryl methyl sites for hydroxylation is 1. The highest BCUT2D eigenvalue weighted by molar-refractivity contribution is 7.80. The Morgan fingerprint density at radius 2 is 1.62 bits per heavy atom. The van der Waals surface area contributed by atoms with Crippen LogP contribution in [0.3, 0.4) is 0 Å². The summed E-state index contributed by atoms with van der Waals surface area (Å²) in [6.45, 7) is 6.70. The van der Waals surface area contributed by atoms with E-state index in [4.69, 9.17) is 9.97 Å². The molecule has 0 radical (unpaired) electrons. The van der Waals surface area contributed by atoms with Crippen molar-refractivity contribution in [1.82, 2.24) is 9.97 Å². The van der Waals surface area contributed by atoms with E-state index in [-0.39, 0.29) is 5.41 Å². The molecular formula is C30H25N3S. The number of hydrogen-bond acceptors (Lipinski definition) is 4. The third kappa shape index (κ3) is 3.21. The Labute approximate surface area is 205 Å². The molecule has 0 saturated carbocycles. The minimum atomic E-state index is -0.139. The molecule has 0 bridgehead atoms. The Hall–Kier alpha value is -3.63. The number of nitrogens with zero attached hydrogens (tertiary/aromatic N) is 3. The minimum Gasteiger partial charge on any atom is -0.294 e. The second-order valence-electron chi connectivity index (χ2n) is 9.45. The van der Waals surface area contributed by atoms with Gasteiger partial charge in [-0.15, -0.1) is 12.6 Å². The van der Waals surface area contributed by atoms with E-state index in [1.54, 1.807) is 0 Å². The van der Waals surface area contributed by atoms with Gasteiger partial charge in [0.2, 0.25) is 0 Å². The molecule has 34 heavy (non-hydrogen) atoms. The van der Waals surface area contributed by atoms with Gasteiger partial charge < -0.3 is 0 Å². The lowest BCUT2D eigenvalue weighted by Crippen LogP contribution is -2.31. The Morgan fingerprint density at radius 1 is 0.794 bits per heavy atom. The maximum Gasteiger partial charge on any atom is 0.137 e. The highest BCUT2D eigenvalue weighted by Gasteiger charge is 2.37. The Morgan fingerprint density at radius 3 is 2.47 bits per heavy atom. The number of benzene rings is 3. The van der Waals surface area contributed by atoms with Crippen LogP contribution in [-0.4, -0.2) is 9.97 Å². The normalized spacial score (nSPS) is 14.1. The Balaban J connectivity index is 1.60. The van der Waals surface area contributed by atoms with Crippen molar-refractivity contribution >= 4 is 40.7 Å². The minimum absolute atomic E-state index is 0.139. The lowest BCUT2D eigenvalue weighted by molar-refractivity contribution is 0.631. The molecule has 166 valence electrons. The molecule has 3 heterocycles. The first kappa shape index (κ1) is 20.9. The van der Waals surface area contributed by atoms with Crippen molar-refractivity contribution in [1.29, 1.82) is 0 Å². The van der Waals surface area contributed by atoms with Crippen molar-refractivity contribution in [3.05, 3.63) is 108 Å². The number of thiol groups is 1. The van der Waals surface area contributed by atoms with Gasteiger partial charge in [-0.1, -0.05) is 62.4 Å². The molecule has 0 unspecified atom stereocenters. The van der Waals surface area contributed by atoms with E-state index in [1.165, 1.54) is 22.4 Å². The topological polar surface area (TPSA) is 29.0 Å². The highest BCUT2D eigenvalue weighted by Crippen LogP contribution is 2.52. The van der Waals surface area contributed by atoms with E-state index in [2.05, 4.69) is 105 Å². The second-order valence-corrected chi connectivity index (χ2v) is 9.93. The quantitative estimate of drug-likeness (QED) is 0.271. The summed E-state index contributed by atoms with van der Waals surface area (Å²) in [5, 5.41) is 1.09. The standard InChI is InChI=1S/C30H25N3S/c1-19-15-16-31-28(17-19)33-25-9-5-4-8-22(25)30(2,3)23-13-11-21(18-26(23)33)24-14-12-20-7-6-10-27(34)29(20)32-24/h4-18,34H,1-3H3. The third-order valence-electron chi connectivity index (χ3n) is 6.86. The van der Waals surface area contributed by atoms with E-state index in [9.17, 15) is 0 Å². The number of para-hydroxylation sites is 2. The Bertz CT molecular complexity index is 1570. The molecule has 4 heteroatoms. The highest BCUT2D eigenvalue weighted by atomic mass is 32.1. The van der Waals surface area contributed by atoms with Gasteiger partial charge in [-0.25, -0.2) is 9.97 Å². The van der Waals surface area contributed by atoms with Crippen LogP contribution in [0.5, 0.6) is 0 Å². The first-order chi connectivity index (χ1) is 16.4. The molecule has 5 aromatic rings. The molecule has 1 aliphatic rings. The zero-order valence-corrected chi connectivity index (χ0v) is 20.3. The van der Waals surface area contributed by atoms with Crippen LogP contribution < -0.4 is 4.90 Å². The Kier molecular flexibility index (Phi) is 4.75. The monoisotopic (exact) mass is 459 g/mol. The van der Waals surface area contributed by atoms with Gasteiger partial charge in [0.1, 0.15) is 5.82 Å². The average Bonchev–Trinajstić information content (AvgIpc) is 2.84. The fourth-order valence-corrected chi connectivity index (χ4v) is 5.32. The van der Waals surface area contributed by atoms with Gasteiger partial charge in [0.05, 0.1) is 22.6 Å². The van der Waals surface area contributed by atoms with Crippen LogP contribution in [0.25, 0.3) is 22.2 Å². The number of fused-ring (bicyclic) bond motifs is 3. The predicted octanol–water partition coefficient (Wildman–Crippen LogP) is 8.00. The van der Waals surface area contributed by atoms with Gasteiger partial charge in [-0.05, 0) is 60.0 Å². The third-order valence-corrected chi connectivity index (χ3v) is 7.22. The number of rotatable bonds is 2. The van der Waals surface area contributed by atoms with Crippen molar-refractivity contribution < 1.29 is 0 Å². The first-order valence-electron chi connectivity index (χ1n) is 11.5. The summed E-state index contributed by atoms with van der Waals surface area (Å²) in [7, 11) is 0. The fraction of sp³-hybridized carbons (Fsp3) is 0.133. The summed E-state index contributed by atoms with van der Waals surface area (Å²) in [5.74, 6) is 0.922. The molecule has 0 spiro atoms. The molecule has 0 aliphatic carbocycles. The van der Waals surface area contributed by atoms with Crippen LogP contribution in [0.15, 0.2) is 96.0 Å². The molecule has 2 aromatic heterocycles. The SMILES string of the molecule is Cc1ccnc(N2c3ccccc3C(C)(C)c3ccc(-c4ccc5cccc(S)c5n4)cc32)c1.